The molecule has 3 atom stereocenters. The van der Waals surface area contributed by atoms with Crippen molar-refractivity contribution >= 4 is 0 Å². The summed E-state index contributed by atoms with van der Waals surface area (Å²) in [5.74, 6) is 6.88. The SMILES string of the molecule is CCC(C)C(C)(C(C)C)C(C)NN.CCN. The maximum Gasteiger partial charge on any atom is 0.0241 e. The third-order valence-electron chi connectivity index (χ3n) is 4.10. The van der Waals surface area contributed by atoms with Gasteiger partial charge in [-0.2, -0.15) is 0 Å². The van der Waals surface area contributed by atoms with Gasteiger partial charge >= 0.3 is 0 Å². The summed E-state index contributed by atoms with van der Waals surface area (Å²) in [5, 5.41) is 0. The lowest BCUT2D eigenvalue weighted by molar-refractivity contribution is 0.0741. The van der Waals surface area contributed by atoms with E-state index < -0.39 is 0 Å². The summed E-state index contributed by atoms with van der Waals surface area (Å²) in [5.41, 5.74) is 8.03. The average molecular weight is 231 g/mol. The van der Waals surface area contributed by atoms with Crippen molar-refractivity contribution < 1.29 is 0 Å². The number of nitrogens with two attached hydrogens (primary N) is 2. The summed E-state index contributed by atoms with van der Waals surface area (Å²) in [7, 11) is 0. The zero-order chi connectivity index (χ0) is 13.4. The quantitative estimate of drug-likeness (QED) is 0.503. The molecule has 0 fully saturated rings. The smallest absolute Gasteiger partial charge is 0.0241 e. The fourth-order valence-electron chi connectivity index (χ4n) is 2.12. The van der Waals surface area contributed by atoms with Gasteiger partial charge in [0.2, 0.25) is 0 Å². The van der Waals surface area contributed by atoms with Crippen molar-refractivity contribution in [2.45, 2.75) is 60.9 Å². The summed E-state index contributed by atoms with van der Waals surface area (Å²) in [6.07, 6.45) is 1.21. The predicted octanol–water partition coefficient (Wildman–Crippen LogP) is 2.51. The highest BCUT2D eigenvalue weighted by Gasteiger charge is 2.38. The van der Waals surface area contributed by atoms with Crippen LogP contribution in [-0.4, -0.2) is 12.6 Å². The Labute approximate surface area is 102 Å². The Kier molecular flexibility index (Phi) is 10.2. The molecule has 0 heterocycles. The molecule has 0 aliphatic carbocycles. The van der Waals surface area contributed by atoms with Crippen LogP contribution in [0, 0.1) is 17.3 Å². The van der Waals surface area contributed by atoms with E-state index >= 15 is 0 Å². The largest absolute Gasteiger partial charge is 0.331 e. The number of rotatable bonds is 5. The van der Waals surface area contributed by atoms with Gasteiger partial charge in [-0.15, -0.1) is 0 Å². The van der Waals surface area contributed by atoms with E-state index in [9.17, 15) is 0 Å². The van der Waals surface area contributed by atoms with Gasteiger partial charge in [0.25, 0.3) is 0 Å². The molecule has 3 heteroatoms. The van der Waals surface area contributed by atoms with Gasteiger partial charge in [-0.05, 0) is 30.7 Å². The topological polar surface area (TPSA) is 64.1 Å². The molecule has 0 saturated carbocycles. The molecule has 0 aromatic rings. The number of nitrogens with one attached hydrogen (secondary N) is 1. The molecule has 3 unspecified atom stereocenters. The van der Waals surface area contributed by atoms with Gasteiger partial charge in [0, 0.05) is 6.04 Å². The minimum atomic E-state index is 0.281. The third-order valence-corrected chi connectivity index (χ3v) is 4.10. The lowest BCUT2D eigenvalue weighted by Gasteiger charge is -2.44. The Morgan fingerprint density at radius 2 is 1.50 bits per heavy atom. The first-order chi connectivity index (χ1) is 7.32. The predicted molar refractivity (Wildman–Crippen MR) is 73.9 cm³/mol. The van der Waals surface area contributed by atoms with Crippen LogP contribution >= 0.6 is 0 Å². The minimum Gasteiger partial charge on any atom is -0.331 e. The second-order valence-electron chi connectivity index (χ2n) is 5.13. The van der Waals surface area contributed by atoms with Crippen LogP contribution in [0.1, 0.15) is 54.9 Å². The average Bonchev–Trinajstić information content (AvgIpc) is 2.26. The Morgan fingerprint density at radius 1 is 1.12 bits per heavy atom. The van der Waals surface area contributed by atoms with E-state index in [1.807, 2.05) is 6.92 Å². The molecule has 0 aliphatic rings. The summed E-state index contributed by atoms with van der Waals surface area (Å²) in [6.45, 7) is 16.3. The van der Waals surface area contributed by atoms with Crippen LogP contribution in [0.3, 0.4) is 0 Å². The first-order valence-corrected chi connectivity index (χ1v) is 6.48. The molecular formula is C13H33N3. The van der Waals surface area contributed by atoms with Crippen LogP contribution in [0.5, 0.6) is 0 Å². The summed E-state index contributed by atoms with van der Waals surface area (Å²) in [4.78, 5) is 0. The molecule has 0 radical (unpaired) electrons. The van der Waals surface area contributed by atoms with Crippen molar-refractivity contribution in [3.05, 3.63) is 0 Å². The molecule has 100 valence electrons. The van der Waals surface area contributed by atoms with Crippen LogP contribution < -0.4 is 17.0 Å². The molecule has 5 N–H and O–H groups in total. The van der Waals surface area contributed by atoms with E-state index in [4.69, 9.17) is 11.6 Å². The maximum atomic E-state index is 5.54. The van der Waals surface area contributed by atoms with Crippen molar-refractivity contribution in [2.24, 2.45) is 28.8 Å². The highest BCUT2D eigenvalue weighted by atomic mass is 15.2. The van der Waals surface area contributed by atoms with Crippen LogP contribution in [0.25, 0.3) is 0 Å². The second-order valence-corrected chi connectivity index (χ2v) is 5.13. The number of hydrogen-bond donors (Lipinski definition) is 3. The highest BCUT2D eigenvalue weighted by Crippen LogP contribution is 2.40. The molecule has 0 rings (SSSR count). The first-order valence-electron chi connectivity index (χ1n) is 6.48. The van der Waals surface area contributed by atoms with Gasteiger partial charge in [-0.1, -0.05) is 48.0 Å². The van der Waals surface area contributed by atoms with E-state index in [2.05, 4.69) is 47.0 Å². The minimum absolute atomic E-state index is 0.281. The lowest BCUT2D eigenvalue weighted by Crippen LogP contribution is -2.51. The summed E-state index contributed by atoms with van der Waals surface area (Å²) >= 11 is 0. The van der Waals surface area contributed by atoms with Crippen molar-refractivity contribution in [2.75, 3.05) is 6.54 Å². The molecule has 0 aliphatic heterocycles. The van der Waals surface area contributed by atoms with Crippen LogP contribution in [0.4, 0.5) is 0 Å². The molecule has 0 bridgehead atoms. The molecular weight excluding hydrogens is 198 g/mol. The van der Waals surface area contributed by atoms with Gasteiger partial charge in [0.1, 0.15) is 0 Å². The third kappa shape index (κ3) is 4.81. The van der Waals surface area contributed by atoms with Crippen LogP contribution in [0.2, 0.25) is 0 Å². The van der Waals surface area contributed by atoms with Crippen LogP contribution in [0.15, 0.2) is 0 Å². The molecule has 3 nitrogen and oxygen atoms in total. The highest BCUT2D eigenvalue weighted by molar-refractivity contribution is 4.89. The standard InChI is InChI=1S/C11H26N2.C2H7N/c1-7-9(4)11(6,8(2)3)10(5)13-12;1-2-3/h8-10,13H,7,12H2,1-6H3;2-3H2,1H3. The molecule has 0 saturated heterocycles. The Balaban J connectivity index is 0. The van der Waals surface area contributed by atoms with E-state index in [-0.39, 0.29) is 5.41 Å². The van der Waals surface area contributed by atoms with Crippen LogP contribution in [-0.2, 0) is 0 Å². The monoisotopic (exact) mass is 231 g/mol. The Morgan fingerprint density at radius 3 is 1.69 bits per heavy atom. The molecule has 16 heavy (non-hydrogen) atoms. The zero-order valence-corrected chi connectivity index (χ0v) is 12.3. The fourth-order valence-corrected chi connectivity index (χ4v) is 2.12. The van der Waals surface area contributed by atoms with Gasteiger partial charge in [0.15, 0.2) is 0 Å². The van der Waals surface area contributed by atoms with Crippen molar-refractivity contribution in [1.29, 1.82) is 0 Å². The van der Waals surface area contributed by atoms with Crippen molar-refractivity contribution in [1.82, 2.24) is 5.43 Å². The molecule has 0 amide bonds. The van der Waals surface area contributed by atoms with E-state index in [1.165, 1.54) is 6.42 Å². The Bertz CT molecular complexity index is 147. The van der Waals surface area contributed by atoms with Crippen molar-refractivity contribution in [3.8, 4) is 0 Å². The zero-order valence-electron chi connectivity index (χ0n) is 12.3. The lowest BCUT2D eigenvalue weighted by atomic mass is 9.65. The first kappa shape index (κ1) is 18.3. The second kappa shape index (κ2) is 8.97. The van der Waals surface area contributed by atoms with E-state index in [1.54, 1.807) is 0 Å². The van der Waals surface area contributed by atoms with Crippen molar-refractivity contribution in [3.63, 3.8) is 0 Å². The Hall–Kier alpha value is -0.120. The van der Waals surface area contributed by atoms with Gasteiger partial charge in [0.05, 0.1) is 0 Å². The van der Waals surface area contributed by atoms with Gasteiger partial charge in [-0.25, -0.2) is 0 Å². The molecule has 0 aromatic carbocycles. The van der Waals surface area contributed by atoms with E-state index in [0.717, 1.165) is 6.54 Å². The maximum absolute atomic E-state index is 5.54. The normalized spacial score (nSPS) is 18.4. The molecule has 0 aromatic heterocycles. The fraction of sp³-hybridized carbons (Fsp3) is 1.00. The molecule has 0 spiro atoms. The number of hydrogen-bond acceptors (Lipinski definition) is 3. The summed E-state index contributed by atoms with van der Waals surface area (Å²) in [6, 6.07) is 0.363. The van der Waals surface area contributed by atoms with Gasteiger partial charge in [-0.3, -0.25) is 11.3 Å². The van der Waals surface area contributed by atoms with E-state index in [0.29, 0.717) is 17.9 Å². The summed E-state index contributed by atoms with van der Waals surface area (Å²) < 4.78 is 0. The number of hydrazine groups is 1. The van der Waals surface area contributed by atoms with Gasteiger partial charge < -0.3 is 5.73 Å².